The maximum atomic E-state index is 11.6. The highest BCUT2D eigenvalue weighted by Gasteiger charge is 2.04. The molecule has 0 saturated carbocycles. The predicted octanol–water partition coefficient (Wildman–Crippen LogP) is 1.74. The Morgan fingerprint density at radius 3 is 2.80 bits per heavy atom. The largest absolute Gasteiger partial charge is 0.351 e. The Balaban J connectivity index is 2.47. The molecular weight excluding hydrogens is 256 g/mol. The number of carbonyl (C=O) groups is 1. The number of hydrogen-bond acceptors (Lipinski definition) is 2. The van der Waals surface area contributed by atoms with Gasteiger partial charge in [-0.2, -0.15) is 0 Å². The number of likely N-dealkylation sites (N-methyl/N-ethyl adjacent to an activating group) is 1. The summed E-state index contributed by atoms with van der Waals surface area (Å²) >= 11 is 3.33. The Labute approximate surface area is 98.6 Å². The van der Waals surface area contributed by atoms with Crippen LogP contribution in [0.1, 0.15) is 10.4 Å². The van der Waals surface area contributed by atoms with Crippen LogP contribution in [0.5, 0.6) is 0 Å². The van der Waals surface area contributed by atoms with E-state index in [0.717, 1.165) is 11.0 Å². The van der Waals surface area contributed by atoms with Crippen LogP contribution < -0.4 is 5.32 Å². The second-order valence-corrected chi connectivity index (χ2v) is 4.49. The normalized spacial score (nSPS) is 10.4. The summed E-state index contributed by atoms with van der Waals surface area (Å²) < 4.78 is 0.919. The van der Waals surface area contributed by atoms with Crippen molar-refractivity contribution in [3.8, 4) is 0 Å². The van der Waals surface area contributed by atoms with Crippen molar-refractivity contribution in [2.75, 3.05) is 27.2 Å². The molecule has 15 heavy (non-hydrogen) atoms. The number of hydrogen-bond donors (Lipinski definition) is 1. The molecule has 0 saturated heterocycles. The van der Waals surface area contributed by atoms with Crippen molar-refractivity contribution >= 4 is 21.8 Å². The first-order chi connectivity index (χ1) is 7.09. The van der Waals surface area contributed by atoms with E-state index in [-0.39, 0.29) is 5.91 Å². The second-order valence-electron chi connectivity index (χ2n) is 3.57. The van der Waals surface area contributed by atoms with Gasteiger partial charge in [0.25, 0.3) is 5.91 Å². The minimum atomic E-state index is -0.0295. The monoisotopic (exact) mass is 270 g/mol. The van der Waals surface area contributed by atoms with Crippen molar-refractivity contribution in [3.63, 3.8) is 0 Å². The van der Waals surface area contributed by atoms with Gasteiger partial charge in [0.15, 0.2) is 0 Å². The lowest BCUT2D eigenvalue weighted by Gasteiger charge is -2.10. The Bertz CT molecular complexity index is 339. The van der Waals surface area contributed by atoms with Gasteiger partial charge in [-0.25, -0.2) is 0 Å². The average molecular weight is 271 g/mol. The molecule has 4 heteroatoms. The summed E-state index contributed by atoms with van der Waals surface area (Å²) in [6, 6.07) is 7.36. The number of rotatable bonds is 4. The molecule has 0 aliphatic heterocycles. The molecule has 0 bridgehead atoms. The van der Waals surface area contributed by atoms with E-state index in [1.54, 1.807) is 6.07 Å². The zero-order valence-corrected chi connectivity index (χ0v) is 10.5. The highest BCUT2D eigenvalue weighted by molar-refractivity contribution is 9.10. The summed E-state index contributed by atoms with van der Waals surface area (Å²) in [7, 11) is 3.95. The van der Waals surface area contributed by atoms with Crippen molar-refractivity contribution in [2.24, 2.45) is 0 Å². The number of amides is 1. The van der Waals surface area contributed by atoms with Gasteiger partial charge in [0.1, 0.15) is 0 Å². The Morgan fingerprint density at radius 1 is 1.47 bits per heavy atom. The third-order valence-corrected chi connectivity index (χ3v) is 2.42. The number of nitrogens with one attached hydrogen (secondary N) is 1. The molecule has 0 aromatic heterocycles. The zero-order chi connectivity index (χ0) is 11.3. The Hall–Kier alpha value is -0.870. The van der Waals surface area contributed by atoms with Gasteiger partial charge in [0.05, 0.1) is 0 Å². The third-order valence-electron chi connectivity index (χ3n) is 1.93. The van der Waals surface area contributed by atoms with Crippen LogP contribution in [0.4, 0.5) is 0 Å². The van der Waals surface area contributed by atoms with Crippen molar-refractivity contribution in [2.45, 2.75) is 0 Å². The summed E-state index contributed by atoms with van der Waals surface area (Å²) in [6.07, 6.45) is 0. The van der Waals surface area contributed by atoms with Crippen LogP contribution in [-0.2, 0) is 0 Å². The van der Waals surface area contributed by atoms with E-state index in [2.05, 4.69) is 21.2 Å². The predicted molar refractivity (Wildman–Crippen MR) is 65.0 cm³/mol. The molecule has 3 nitrogen and oxygen atoms in total. The van der Waals surface area contributed by atoms with E-state index in [0.29, 0.717) is 12.1 Å². The van der Waals surface area contributed by atoms with Gasteiger partial charge in [-0.3, -0.25) is 4.79 Å². The highest BCUT2D eigenvalue weighted by Crippen LogP contribution is 2.11. The van der Waals surface area contributed by atoms with E-state index >= 15 is 0 Å². The highest BCUT2D eigenvalue weighted by atomic mass is 79.9. The van der Waals surface area contributed by atoms with Gasteiger partial charge in [-0.05, 0) is 32.3 Å². The van der Waals surface area contributed by atoms with E-state index in [1.807, 2.05) is 37.2 Å². The smallest absolute Gasteiger partial charge is 0.251 e. The van der Waals surface area contributed by atoms with Crippen LogP contribution >= 0.6 is 15.9 Å². The lowest BCUT2D eigenvalue weighted by atomic mass is 10.2. The lowest BCUT2D eigenvalue weighted by Crippen LogP contribution is -2.31. The van der Waals surface area contributed by atoms with Crippen molar-refractivity contribution in [1.29, 1.82) is 0 Å². The SMILES string of the molecule is CN(C)CCNC(=O)c1cccc(Br)c1. The molecule has 0 fully saturated rings. The van der Waals surface area contributed by atoms with Crippen molar-refractivity contribution in [3.05, 3.63) is 34.3 Å². The van der Waals surface area contributed by atoms with Gasteiger partial charge in [-0.15, -0.1) is 0 Å². The van der Waals surface area contributed by atoms with Crippen molar-refractivity contribution in [1.82, 2.24) is 10.2 Å². The molecule has 0 heterocycles. The van der Waals surface area contributed by atoms with Gasteiger partial charge < -0.3 is 10.2 Å². The fourth-order valence-corrected chi connectivity index (χ4v) is 1.52. The van der Waals surface area contributed by atoms with Gasteiger partial charge >= 0.3 is 0 Å². The third kappa shape index (κ3) is 4.44. The first kappa shape index (κ1) is 12.2. The summed E-state index contributed by atoms with van der Waals surface area (Å²) in [5.74, 6) is -0.0295. The van der Waals surface area contributed by atoms with E-state index in [9.17, 15) is 4.79 Å². The molecule has 0 unspecified atom stereocenters. The summed E-state index contributed by atoms with van der Waals surface area (Å²) in [5.41, 5.74) is 0.683. The molecule has 1 rings (SSSR count). The van der Waals surface area contributed by atoms with E-state index in [1.165, 1.54) is 0 Å². The lowest BCUT2D eigenvalue weighted by molar-refractivity contribution is 0.0951. The first-order valence-corrected chi connectivity index (χ1v) is 5.57. The molecule has 1 N–H and O–H groups in total. The minimum absolute atomic E-state index is 0.0295. The quantitative estimate of drug-likeness (QED) is 0.904. The van der Waals surface area contributed by atoms with Gasteiger partial charge in [0.2, 0.25) is 0 Å². The summed E-state index contributed by atoms with van der Waals surface area (Å²) in [4.78, 5) is 13.7. The molecule has 82 valence electrons. The van der Waals surface area contributed by atoms with Crippen LogP contribution in [0.15, 0.2) is 28.7 Å². The fourth-order valence-electron chi connectivity index (χ4n) is 1.12. The fraction of sp³-hybridized carbons (Fsp3) is 0.364. The molecule has 1 amide bonds. The zero-order valence-electron chi connectivity index (χ0n) is 8.96. The van der Waals surface area contributed by atoms with E-state index in [4.69, 9.17) is 0 Å². The Morgan fingerprint density at radius 2 is 2.20 bits per heavy atom. The van der Waals surface area contributed by atoms with Crippen LogP contribution in [0.25, 0.3) is 0 Å². The second kappa shape index (κ2) is 5.88. The number of halogens is 1. The molecule has 1 aromatic rings. The molecule has 0 atom stereocenters. The molecule has 0 aliphatic rings. The molecular formula is C11H15BrN2O. The number of benzene rings is 1. The van der Waals surface area contributed by atoms with Crippen LogP contribution in [0.2, 0.25) is 0 Å². The Kier molecular flexibility index (Phi) is 4.78. The summed E-state index contributed by atoms with van der Waals surface area (Å²) in [6.45, 7) is 1.51. The summed E-state index contributed by atoms with van der Waals surface area (Å²) in [5, 5.41) is 2.86. The van der Waals surface area contributed by atoms with Crippen molar-refractivity contribution < 1.29 is 4.79 Å². The van der Waals surface area contributed by atoms with Crippen LogP contribution in [0, 0.1) is 0 Å². The van der Waals surface area contributed by atoms with Gasteiger partial charge in [0, 0.05) is 23.1 Å². The standard InChI is InChI=1S/C11H15BrN2O/c1-14(2)7-6-13-11(15)9-4-3-5-10(12)8-9/h3-5,8H,6-7H2,1-2H3,(H,13,15). The molecule has 0 radical (unpaired) electrons. The first-order valence-electron chi connectivity index (χ1n) is 4.78. The average Bonchev–Trinajstić information content (AvgIpc) is 2.17. The number of carbonyl (C=O) groups excluding carboxylic acids is 1. The molecule has 0 aliphatic carbocycles. The van der Waals surface area contributed by atoms with Gasteiger partial charge in [-0.1, -0.05) is 22.0 Å². The molecule has 1 aromatic carbocycles. The topological polar surface area (TPSA) is 32.3 Å². The minimum Gasteiger partial charge on any atom is -0.351 e. The molecule has 0 spiro atoms. The number of nitrogens with zero attached hydrogens (tertiary/aromatic N) is 1. The van der Waals surface area contributed by atoms with E-state index < -0.39 is 0 Å². The van der Waals surface area contributed by atoms with Crippen LogP contribution in [-0.4, -0.2) is 38.0 Å². The maximum Gasteiger partial charge on any atom is 0.251 e. The maximum absolute atomic E-state index is 11.6. The van der Waals surface area contributed by atoms with Crippen LogP contribution in [0.3, 0.4) is 0 Å².